The summed E-state index contributed by atoms with van der Waals surface area (Å²) in [5.74, 6) is 0.526. The molecule has 1 aromatic carbocycles. The summed E-state index contributed by atoms with van der Waals surface area (Å²) in [5.41, 5.74) is 9.03. The lowest BCUT2D eigenvalue weighted by Crippen LogP contribution is -2.54. The van der Waals surface area contributed by atoms with Crippen molar-refractivity contribution in [3.05, 3.63) is 40.9 Å². The minimum Gasteiger partial charge on any atom is -0.337 e. The van der Waals surface area contributed by atoms with Gasteiger partial charge in [-0.3, -0.25) is 4.79 Å². The van der Waals surface area contributed by atoms with Gasteiger partial charge in [0.25, 0.3) is 5.91 Å². The maximum absolute atomic E-state index is 12.8. The monoisotopic (exact) mass is 429 g/mol. The molecule has 2 aromatic rings. The minimum absolute atomic E-state index is 0. The van der Waals surface area contributed by atoms with Gasteiger partial charge in [0.2, 0.25) is 0 Å². The summed E-state index contributed by atoms with van der Waals surface area (Å²) in [4.78, 5) is 19.3. The molecule has 0 bridgehead atoms. The van der Waals surface area contributed by atoms with Crippen molar-refractivity contribution in [2.24, 2.45) is 11.1 Å². The highest BCUT2D eigenvalue weighted by atomic mass is 35.5. The third-order valence-corrected chi connectivity index (χ3v) is 6.04. The zero-order valence-corrected chi connectivity index (χ0v) is 18.7. The number of amides is 1. The number of piperidine rings is 1. The smallest absolute Gasteiger partial charge is 0.273 e. The van der Waals surface area contributed by atoms with Crippen LogP contribution in [0, 0.1) is 5.41 Å². The second kappa shape index (κ2) is 9.37. The molecule has 1 amide bonds. The number of carbonyl (C=O) groups excluding carboxylic acids is 1. The van der Waals surface area contributed by atoms with E-state index >= 15 is 0 Å². The summed E-state index contributed by atoms with van der Waals surface area (Å²) < 4.78 is 0. The van der Waals surface area contributed by atoms with E-state index in [2.05, 4.69) is 56.9 Å². The average molecular weight is 430 g/mol. The summed E-state index contributed by atoms with van der Waals surface area (Å²) in [5, 5.41) is 2.77. The van der Waals surface area contributed by atoms with E-state index in [0.29, 0.717) is 24.7 Å². The molecule has 3 rings (SSSR count). The van der Waals surface area contributed by atoms with Gasteiger partial charge in [0.15, 0.2) is 0 Å². The van der Waals surface area contributed by atoms with Crippen LogP contribution in [-0.4, -0.2) is 34.9 Å². The molecule has 1 atom stereocenters. The van der Waals surface area contributed by atoms with Gasteiger partial charge in [-0.1, -0.05) is 52.0 Å². The Kier molecular flexibility index (Phi) is 8.30. The minimum atomic E-state index is -0.0561. The molecule has 0 aliphatic carbocycles. The number of carbonyl (C=O) groups is 1. The molecule has 1 aliphatic rings. The molecule has 27 heavy (non-hydrogen) atoms. The average Bonchev–Trinajstić information content (AvgIpc) is 3.06. The lowest BCUT2D eigenvalue weighted by Gasteiger charge is -2.42. The highest BCUT2D eigenvalue weighted by molar-refractivity contribution is 7.13. The molecule has 0 radical (unpaired) electrons. The van der Waals surface area contributed by atoms with Crippen molar-refractivity contribution in [1.82, 2.24) is 9.88 Å². The molecule has 150 valence electrons. The molecule has 2 heterocycles. The number of nitrogens with two attached hydrogens (primary N) is 1. The lowest BCUT2D eigenvalue weighted by molar-refractivity contribution is 0.0528. The highest BCUT2D eigenvalue weighted by Crippen LogP contribution is 2.30. The van der Waals surface area contributed by atoms with E-state index in [1.807, 2.05) is 10.3 Å². The van der Waals surface area contributed by atoms with Gasteiger partial charge in [0, 0.05) is 30.1 Å². The molecule has 1 aromatic heterocycles. The summed E-state index contributed by atoms with van der Waals surface area (Å²) in [6, 6.07) is 8.59. The zero-order valence-electron chi connectivity index (χ0n) is 16.3. The third kappa shape index (κ3) is 5.23. The predicted octanol–water partition coefficient (Wildman–Crippen LogP) is 4.98. The van der Waals surface area contributed by atoms with Crippen molar-refractivity contribution in [1.29, 1.82) is 0 Å². The van der Waals surface area contributed by atoms with Crippen molar-refractivity contribution in [3.63, 3.8) is 0 Å². The van der Waals surface area contributed by atoms with E-state index in [9.17, 15) is 4.79 Å². The number of halogens is 2. The molecule has 1 fully saturated rings. The van der Waals surface area contributed by atoms with Crippen LogP contribution in [0.1, 0.15) is 56.1 Å². The van der Waals surface area contributed by atoms with Gasteiger partial charge >= 0.3 is 0 Å². The zero-order chi connectivity index (χ0) is 18.2. The van der Waals surface area contributed by atoms with E-state index in [0.717, 1.165) is 17.0 Å². The van der Waals surface area contributed by atoms with Gasteiger partial charge in [0.05, 0.1) is 0 Å². The Morgan fingerprint density at radius 1 is 1.26 bits per heavy atom. The Morgan fingerprint density at radius 3 is 2.44 bits per heavy atom. The molecule has 0 saturated carbocycles. The fourth-order valence-corrected chi connectivity index (χ4v) is 4.02. The molecule has 4 nitrogen and oxygen atoms in total. The molecule has 7 heteroatoms. The lowest BCUT2D eigenvalue weighted by atomic mass is 9.79. The third-order valence-electron chi connectivity index (χ3n) is 5.15. The van der Waals surface area contributed by atoms with Gasteiger partial charge in [-0.2, -0.15) is 0 Å². The number of benzene rings is 1. The van der Waals surface area contributed by atoms with Crippen LogP contribution in [0.15, 0.2) is 29.6 Å². The molecular formula is C20H29Cl2N3OS. The van der Waals surface area contributed by atoms with Crippen LogP contribution in [0.2, 0.25) is 0 Å². The number of thiazole rings is 1. The van der Waals surface area contributed by atoms with Crippen molar-refractivity contribution >= 4 is 42.1 Å². The van der Waals surface area contributed by atoms with E-state index in [-0.39, 0.29) is 42.2 Å². The predicted molar refractivity (Wildman–Crippen MR) is 118 cm³/mol. The first kappa shape index (κ1) is 23.9. The van der Waals surface area contributed by atoms with Crippen LogP contribution in [-0.2, 0) is 0 Å². The van der Waals surface area contributed by atoms with Crippen LogP contribution in [0.25, 0.3) is 10.6 Å². The second-order valence-electron chi connectivity index (χ2n) is 7.93. The molecular weight excluding hydrogens is 401 g/mol. The van der Waals surface area contributed by atoms with Gasteiger partial charge in [-0.25, -0.2) is 4.98 Å². The van der Waals surface area contributed by atoms with Gasteiger partial charge in [-0.05, 0) is 23.3 Å². The summed E-state index contributed by atoms with van der Waals surface area (Å²) in [7, 11) is 0. The quantitative estimate of drug-likeness (QED) is 0.748. The fourth-order valence-electron chi connectivity index (χ4n) is 3.22. The number of likely N-dealkylation sites (tertiary alicyclic amines) is 1. The van der Waals surface area contributed by atoms with Gasteiger partial charge < -0.3 is 10.6 Å². The first-order chi connectivity index (χ1) is 11.8. The largest absolute Gasteiger partial charge is 0.337 e. The molecule has 1 unspecified atom stereocenters. The highest BCUT2D eigenvalue weighted by Gasteiger charge is 2.36. The van der Waals surface area contributed by atoms with E-state index in [1.54, 1.807) is 0 Å². The van der Waals surface area contributed by atoms with Crippen molar-refractivity contribution in [2.45, 2.75) is 46.1 Å². The number of rotatable bonds is 3. The maximum Gasteiger partial charge on any atom is 0.273 e. The number of aromatic nitrogens is 1. The molecule has 0 spiro atoms. The Hall–Kier alpha value is -1.14. The first-order valence-electron chi connectivity index (χ1n) is 8.88. The first-order valence-corrected chi connectivity index (χ1v) is 9.76. The maximum atomic E-state index is 12.8. The summed E-state index contributed by atoms with van der Waals surface area (Å²) in [6.45, 7) is 10.0. The van der Waals surface area contributed by atoms with Gasteiger partial charge in [0.1, 0.15) is 10.7 Å². The van der Waals surface area contributed by atoms with Crippen LogP contribution in [0.5, 0.6) is 0 Å². The number of hydrogen-bond acceptors (Lipinski definition) is 4. The SMILES string of the molecule is CC(C)c1ccc(-c2nc(C(=O)N3CCC(N)C(C)(C)C3)cs2)cc1.Cl.Cl. The normalized spacial score (nSPS) is 18.6. The fraction of sp³-hybridized carbons (Fsp3) is 0.500. The van der Waals surface area contributed by atoms with Crippen molar-refractivity contribution < 1.29 is 4.79 Å². The summed E-state index contributed by atoms with van der Waals surface area (Å²) in [6.07, 6.45) is 0.840. The van der Waals surface area contributed by atoms with Gasteiger partial charge in [-0.15, -0.1) is 36.2 Å². The Morgan fingerprint density at radius 2 is 1.89 bits per heavy atom. The van der Waals surface area contributed by atoms with E-state index in [1.165, 1.54) is 16.9 Å². The van der Waals surface area contributed by atoms with Crippen LogP contribution >= 0.6 is 36.2 Å². The second-order valence-corrected chi connectivity index (χ2v) is 8.78. The number of nitrogens with zero attached hydrogens (tertiary/aromatic N) is 2. The number of hydrogen-bond donors (Lipinski definition) is 1. The summed E-state index contributed by atoms with van der Waals surface area (Å²) >= 11 is 1.53. The van der Waals surface area contributed by atoms with Crippen molar-refractivity contribution in [2.75, 3.05) is 13.1 Å². The Balaban J connectivity index is 0.00000182. The molecule has 2 N–H and O–H groups in total. The molecule has 1 aliphatic heterocycles. The molecule has 1 saturated heterocycles. The standard InChI is InChI=1S/C20H27N3OS.2ClH/c1-13(2)14-5-7-15(8-6-14)18-22-16(11-25-18)19(24)23-10-9-17(21)20(3,4)12-23;;/h5-8,11,13,17H,9-10,12,21H2,1-4H3;2*1H. The van der Waals surface area contributed by atoms with Crippen LogP contribution < -0.4 is 5.73 Å². The van der Waals surface area contributed by atoms with E-state index < -0.39 is 0 Å². The topological polar surface area (TPSA) is 59.2 Å². The van der Waals surface area contributed by atoms with Crippen molar-refractivity contribution in [3.8, 4) is 10.6 Å². The Bertz CT molecular complexity index is 759. The van der Waals surface area contributed by atoms with Crippen LogP contribution in [0.3, 0.4) is 0 Å². The van der Waals surface area contributed by atoms with E-state index in [4.69, 9.17) is 5.73 Å². The Labute approximate surface area is 178 Å². The van der Waals surface area contributed by atoms with Crippen LogP contribution in [0.4, 0.5) is 0 Å².